The molecule has 2 heterocycles. The lowest BCUT2D eigenvalue weighted by atomic mass is 9.89. The zero-order valence-electron chi connectivity index (χ0n) is 14.2. The molecule has 2 aromatic rings. The molecule has 0 spiro atoms. The minimum absolute atomic E-state index is 0.206. The number of fused-ring (bicyclic) bond motifs is 1. The Morgan fingerprint density at radius 3 is 2.67 bits per heavy atom. The molecule has 1 aliphatic heterocycles. The molecule has 0 fully saturated rings. The Hall–Kier alpha value is -2.63. The predicted octanol–water partition coefficient (Wildman–Crippen LogP) is 3.33. The Morgan fingerprint density at radius 2 is 2.00 bits per heavy atom. The molecular weight excluding hydrogens is 310 g/mol. The van der Waals surface area contributed by atoms with Crippen LogP contribution in [0.3, 0.4) is 0 Å². The quantitative estimate of drug-likeness (QED) is 0.930. The fourth-order valence-corrected chi connectivity index (χ4v) is 2.87. The summed E-state index contributed by atoms with van der Waals surface area (Å²) >= 11 is 0. The number of methoxy groups -OCH3 is 2. The molecule has 1 aliphatic rings. The molecule has 1 aromatic carbocycles. The molecule has 0 bridgehead atoms. The molecule has 0 aliphatic carbocycles. The van der Waals surface area contributed by atoms with E-state index in [4.69, 9.17) is 18.6 Å². The van der Waals surface area contributed by atoms with Crippen LogP contribution in [0.25, 0.3) is 0 Å². The van der Waals surface area contributed by atoms with Gasteiger partial charge in [-0.15, -0.1) is 0 Å². The molecule has 0 saturated heterocycles. The highest BCUT2D eigenvalue weighted by molar-refractivity contribution is 5.92. The van der Waals surface area contributed by atoms with Crippen molar-refractivity contribution in [3.63, 3.8) is 0 Å². The average molecular weight is 331 g/mol. The molecule has 3 rings (SSSR count). The summed E-state index contributed by atoms with van der Waals surface area (Å²) in [5, 5.41) is 3.01. The smallest absolute Gasteiger partial charge is 0.287 e. The van der Waals surface area contributed by atoms with Crippen LogP contribution in [0.1, 0.15) is 42.4 Å². The summed E-state index contributed by atoms with van der Waals surface area (Å²) in [6.07, 6.45) is 0.636. The SMILES string of the molecule is COc1ccc2c(c1)C(NC(=O)c1ccc(OC)o1)CC(C)(C)O2. The number of benzene rings is 1. The molecule has 1 unspecified atom stereocenters. The topological polar surface area (TPSA) is 69.9 Å². The number of hydrogen-bond donors (Lipinski definition) is 1. The van der Waals surface area contributed by atoms with Gasteiger partial charge in [0.15, 0.2) is 5.76 Å². The van der Waals surface area contributed by atoms with Crippen molar-refractivity contribution in [3.05, 3.63) is 41.7 Å². The van der Waals surface area contributed by atoms with Gasteiger partial charge in [-0.1, -0.05) is 0 Å². The normalized spacial score (nSPS) is 18.2. The summed E-state index contributed by atoms with van der Waals surface area (Å²) in [7, 11) is 3.10. The van der Waals surface area contributed by atoms with Gasteiger partial charge in [-0.05, 0) is 38.1 Å². The first-order valence-corrected chi connectivity index (χ1v) is 7.73. The van der Waals surface area contributed by atoms with Crippen LogP contribution in [0.15, 0.2) is 34.7 Å². The maximum absolute atomic E-state index is 12.5. The highest BCUT2D eigenvalue weighted by Crippen LogP contribution is 2.41. The van der Waals surface area contributed by atoms with E-state index in [0.29, 0.717) is 12.4 Å². The van der Waals surface area contributed by atoms with Crippen molar-refractivity contribution >= 4 is 5.91 Å². The van der Waals surface area contributed by atoms with Crippen LogP contribution in [0, 0.1) is 0 Å². The lowest BCUT2D eigenvalue weighted by molar-refractivity contribution is 0.0608. The van der Waals surface area contributed by atoms with E-state index in [1.807, 2.05) is 32.0 Å². The molecule has 1 atom stereocenters. The zero-order valence-corrected chi connectivity index (χ0v) is 14.2. The third-order valence-electron chi connectivity index (χ3n) is 3.99. The molecule has 1 amide bonds. The molecular formula is C18H21NO5. The Morgan fingerprint density at radius 1 is 1.21 bits per heavy atom. The van der Waals surface area contributed by atoms with Gasteiger partial charge in [0.05, 0.1) is 20.3 Å². The van der Waals surface area contributed by atoms with Gasteiger partial charge >= 0.3 is 0 Å². The van der Waals surface area contributed by atoms with E-state index < -0.39 is 0 Å². The molecule has 24 heavy (non-hydrogen) atoms. The Labute approximate surface area is 140 Å². The van der Waals surface area contributed by atoms with Crippen molar-refractivity contribution in [3.8, 4) is 17.4 Å². The maximum atomic E-state index is 12.5. The lowest BCUT2D eigenvalue weighted by Crippen LogP contribution is -2.41. The second-order valence-electron chi connectivity index (χ2n) is 6.32. The summed E-state index contributed by atoms with van der Waals surface area (Å²) in [5.41, 5.74) is 0.501. The van der Waals surface area contributed by atoms with Crippen LogP contribution >= 0.6 is 0 Å². The predicted molar refractivity (Wildman–Crippen MR) is 87.8 cm³/mol. The first-order valence-electron chi connectivity index (χ1n) is 7.73. The fraction of sp³-hybridized carbons (Fsp3) is 0.389. The van der Waals surface area contributed by atoms with Crippen LogP contribution in [0.2, 0.25) is 0 Å². The van der Waals surface area contributed by atoms with Crippen LogP contribution in [0.5, 0.6) is 17.4 Å². The minimum atomic E-state index is -0.389. The molecule has 0 saturated carbocycles. The number of nitrogens with one attached hydrogen (secondary N) is 1. The first kappa shape index (κ1) is 16.2. The van der Waals surface area contributed by atoms with Crippen molar-refractivity contribution in [2.24, 2.45) is 0 Å². The summed E-state index contributed by atoms with van der Waals surface area (Å²) in [5.74, 6) is 1.68. The van der Waals surface area contributed by atoms with Crippen molar-refractivity contribution in [1.29, 1.82) is 0 Å². The van der Waals surface area contributed by atoms with Crippen LogP contribution < -0.4 is 19.5 Å². The largest absolute Gasteiger partial charge is 0.497 e. The number of carbonyl (C=O) groups excluding carboxylic acids is 1. The van der Waals surface area contributed by atoms with Gasteiger partial charge in [-0.2, -0.15) is 0 Å². The van der Waals surface area contributed by atoms with Crippen LogP contribution in [-0.2, 0) is 0 Å². The van der Waals surface area contributed by atoms with E-state index in [1.54, 1.807) is 19.2 Å². The van der Waals surface area contributed by atoms with Gasteiger partial charge in [-0.3, -0.25) is 4.79 Å². The van der Waals surface area contributed by atoms with Gasteiger partial charge in [0, 0.05) is 18.1 Å². The highest BCUT2D eigenvalue weighted by Gasteiger charge is 2.35. The Balaban J connectivity index is 1.88. The van der Waals surface area contributed by atoms with E-state index in [2.05, 4.69) is 5.32 Å². The summed E-state index contributed by atoms with van der Waals surface area (Å²) in [4.78, 5) is 12.5. The molecule has 1 aromatic heterocycles. The van der Waals surface area contributed by atoms with E-state index in [9.17, 15) is 4.79 Å². The number of amides is 1. The van der Waals surface area contributed by atoms with Crippen molar-refractivity contribution in [1.82, 2.24) is 5.32 Å². The number of hydrogen-bond acceptors (Lipinski definition) is 5. The Kier molecular flexibility index (Phi) is 4.13. The van der Waals surface area contributed by atoms with E-state index in [-0.39, 0.29) is 23.3 Å². The molecule has 0 radical (unpaired) electrons. The van der Waals surface area contributed by atoms with Gasteiger partial charge in [0.25, 0.3) is 11.9 Å². The molecule has 128 valence electrons. The highest BCUT2D eigenvalue weighted by atomic mass is 16.6. The number of furan rings is 1. The second kappa shape index (κ2) is 6.11. The van der Waals surface area contributed by atoms with Crippen molar-refractivity contribution < 1.29 is 23.4 Å². The molecule has 6 heteroatoms. The van der Waals surface area contributed by atoms with Gasteiger partial charge < -0.3 is 23.9 Å². The summed E-state index contributed by atoms with van der Waals surface area (Å²) < 4.78 is 21.6. The monoisotopic (exact) mass is 331 g/mol. The zero-order chi connectivity index (χ0) is 17.3. The molecule has 1 N–H and O–H groups in total. The van der Waals surface area contributed by atoms with Gasteiger partial charge in [0.2, 0.25) is 0 Å². The van der Waals surface area contributed by atoms with Crippen molar-refractivity contribution in [2.45, 2.75) is 31.9 Å². The lowest BCUT2D eigenvalue weighted by Gasteiger charge is -2.37. The van der Waals surface area contributed by atoms with E-state index >= 15 is 0 Å². The van der Waals surface area contributed by atoms with Crippen LogP contribution in [-0.4, -0.2) is 25.7 Å². The minimum Gasteiger partial charge on any atom is -0.497 e. The van der Waals surface area contributed by atoms with E-state index in [0.717, 1.165) is 17.1 Å². The third-order valence-corrected chi connectivity index (χ3v) is 3.99. The van der Waals surface area contributed by atoms with E-state index in [1.165, 1.54) is 7.11 Å². The second-order valence-corrected chi connectivity index (χ2v) is 6.32. The number of carbonyl (C=O) groups is 1. The van der Waals surface area contributed by atoms with Gasteiger partial charge in [0.1, 0.15) is 17.1 Å². The number of rotatable bonds is 4. The molecule has 6 nitrogen and oxygen atoms in total. The standard InChI is InChI=1S/C18H21NO5/c1-18(2)10-13(12-9-11(21-3)5-6-14(12)24-18)19-17(20)15-7-8-16(22-4)23-15/h5-9,13H,10H2,1-4H3,(H,19,20). The maximum Gasteiger partial charge on any atom is 0.287 e. The van der Waals surface area contributed by atoms with Gasteiger partial charge in [-0.25, -0.2) is 0 Å². The Bertz CT molecular complexity index is 750. The third kappa shape index (κ3) is 3.18. The fourth-order valence-electron chi connectivity index (χ4n) is 2.87. The van der Waals surface area contributed by atoms with Crippen molar-refractivity contribution in [2.75, 3.05) is 14.2 Å². The summed E-state index contributed by atoms with van der Waals surface area (Å²) in [6.45, 7) is 3.99. The van der Waals surface area contributed by atoms with Crippen LogP contribution in [0.4, 0.5) is 0 Å². The summed E-state index contributed by atoms with van der Waals surface area (Å²) in [6, 6.07) is 8.59. The first-order chi connectivity index (χ1) is 11.4. The number of ether oxygens (including phenoxy) is 3. The average Bonchev–Trinajstić information content (AvgIpc) is 3.02.